The van der Waals surface area contributed by atoms with Crippen molar-refractivity contribution < 1.29 is 8.42 Å². The second-order valence-corrected chi connectivity index (χ2v) is 7.46. The first kappa shape index (κ1) is 10.3. The van der Waals surface area contributed by atoms with Gasteiger partial charge in [-0.1, -0.05) is 31.5 Å². The van der Waals surface area contributed by atoms with Crippen LogP contribution in [0.1, 0.15) is 19.4 Å². The molecular weight excluding hydrogens is 220 g/mol. The zero-order valence-electron chi connectivity index (χ0n) is 9.77. The Hall–Kier alpha value is -0.830. The summed E-state index contributed by atoms with van der Waals surface area (Å²) in [5.74, 6) is 1.13. The van der Waals surface area contributed by atoms with E-state index in [-0.39, 0.29) is 0 Å². The third kappa shape index (κ3) is 0.915. The van der Waals surface area contributed by atoms with E-state index in [1.54, 1.807) is 12.1 Å². The first-order valence-corrected chi connectivity index (χ1v) is 7.23. The van der Waals surface area contributed by atoms with Gasteiger partial charge in [0.15, 0.2) is 9.84 Å². The van der Waals surface area contributed by atoms with Crippen LogP contribution in [-0.4, -0.2) is 13.2 Å². The molecule has 0 saturated heterocycles. The van der Waals surface area contributed by atoms with Gasteiger partial charge in [-0.2, -0.15) is 0 Å². The second-order valence-electron chi connectivity index (χ2n) is 5.27. The molecule has 0 radical (unpaired) electrons. The number of rotatable bonds is 2. The van der Waals surface area contributed by atoms with Crippen molar-refractivity contribution in [1.29, 1.82) is 0 Å². The zero-order valence-corrected chi connectivity index (χ0v) is 10.6. The van der Waals surface area contributed by atoms with E-state index in [0.29, 0.717) is 22.6 Å². The fraction of sp³-hybridized carbons (Fsp3) is 0.538. The topological polar surface area (TPSA) is 34.1 Å². The fourth-order valence-electron chi connectivity index (χ4n) is 3.50. The molecule has 0 amide bonds. The molecule has 3 heteroatoms. The molecule has 3 rings (SSSR count). The van der Waals surface area contributed by atoms with E-state index in [0.717, 1.165) is 5.56 Å². The third-order valence-electron chi connectivity index (χ3n) is 4.60. The van der Waals surface area contributed by atoms with Crippen molar-refractivity contribution >= 4 is 9.84 Å². The number of aryl methyl sites for hydroxylation is 1. The van der Waals surface area contributed by atoms with Crippen LogP contribution in [0, 0.1) is 24.7 Å². The summed E-state index contributed by atoms with van der Waals surface area (Å²) in [5.41, 5.74) is 1.10. The minimum atomic E-state index is -3.11. The van der Waals surface area contributed by atoms with Crippen molar-refractivity contribution in [3.8, 4) is 0 Å². The molecule has 0 heterocycles. The number of hydrogen-bond donors (Lipinski definition) is 0. The van der Waals surface area contributed by atoms with E-state index < -0.39 is 14.6 Å². The third-order valence-corrected chi connectivity index (χ3v) is 7.44. The maximum Gasteiger partial charge on any atom is 0.184 e. The summed E-state index contributed by atoms with van der Waals surface area (Å²) in [6.07, 6.45) is 0. The molecule has 2 fully saturated rings. The first-order chi connectivity index (χ1) is 7.44. The molecule has 0 aliphatic heterocycles. The monoisotopic (exact) mass is 236 g/mol. The van der Waals surface area contributed by atoms with Crippen molar-refractivity contribution in [2.24, 2.45) is 17.8 Å². The highest BCUT2D eigenvalue weighted by Crippen LogP contribution is 2.81. The standard InChI is InChI=1S/C13H16O2S/c1-8-4-6-11(7-5-8)16(14,15)13-9(2)12(13)10(13)3/h4-7,9-10,12H,1-3H3/t9-,10-,12?,13?/m1/s1. The molecule has 2 aliphatic carbocycles. The van der Waals surface area contributed by atoms with Gasteiger partial charge in [-0.05, 0) is 36.8 Å². The molecule has 16 heavy (non-hydrogen) atoms. The van der Waals surface area contributed by atoms with E-state index in [4.69, 9.17) is 0 Å². The molecule has 1 aromatic rings. The lowest BCUT2D eigenvalue weighted by Gasteiger charge is -2.14. The Morgan fingerprint density at radius 3 is 1.94 bits per heavy atom. The number of sulfone groups is 1. The zero-order chi connectivity index (χ0) is 11.7. The summed E-state index contributed by atoms with van der Waals surface area (Å²) in [7, 11) is -3.11. The van der Waals surface area contributed by atoms with Crippen molar-refractivity contribution in [2.75, 3.05) is 0 Å². The lowest BCUT2D eigenvalue weighted by Crippen LogP contribution is -2.22. The van der Waals surface area contributed by atoms with E-state index in [2.05, 4.69) is 13.8 Å². The lowest BCUT2D eigenvalue weighted by atomic mass is 10.1. The van der Waals surface area contributed by atoms with Gasteiger partial charge in [-0.25, -0.2) is 8.42 Å². The fourth-order valence-corrected chi connectivity index (χ4v) is 6.30. The molecule has 2 nitrogen and oxygen atoms in total. The highest BCUT2D eigenvalue weighted by atomic mass is 32.2. The predicted octanol–water partition coefficient (Wildman–Crippen LogP) is 2.42. The molecule has 2 saturated carbocycles. The second kappa shape index (κ2) is 2.70. The van der Waals surface area contributed by atoms with Crippen LogP contribution in [0.4, 0.5) is 0 Å². The Morgan fingerprint density at radius 1 is 1.06 bits per heavy atom. The van der Waals surface area contributed by atoms with Crippen LogP contribution >= 0.6 is 0 Å². The summed E-state index contributed by atoms with van der Waals surface area (Å²) in [4.78, 5) is 0.497. The van der Waals surface area contributed by atoms with Gasteiger partial charge in [0.05, 0.1) is 9.64 Å². The van der Waals surface area contributed by atoms with E-state index in [9.17, 15) is 8.42 Å². The van der Waals surface area contributed by atoms with Crippen LogP contribution in [-0.2, 0) is 9.84 Å². The van der Waals surface area contributed by atoms with Gasteiger partial charge < -0.3 is 0 Å². The number of benzene rings is 1. The minimum absolute atomic E-state index is 0.355. The van der Waals surface area contributed by atoms with Crippen LogP contribution in [0.5, 0.6) is 0 Å². The molecule has 0 N–H and O–H groups in total. The summed E-state index contributed by atoms with van der Waals surface area (Å²) >= 11 is 0. The molecule has 0 unspecified atom stereocenters. The van der Waals surface area contributed by atoms with Gasteiger partial charge in [-0.3, -0.25) is 0 Å². The summed E-state index contributed by atoms with van der Waals surface area (Å²) in [6.45, 7) is 6.07. The van der Waals surface area contributed by atoms with Crippen LogP contribution in [0.3, 0.4) is 0 Å². The van der Waals surface area contributed by atoms with Crippen LogP contribution in [0.2, 0.25) is 0 Å². The Kier molecular flexibility index (Phi) is 1.74. The highest BCUT2D eigenvalue weighted by molar-refractivity contribution is 7.93. The van der Waals surface area contributed by atoms with E-state index in [1.165, 1.54) is 0 Å². The van der Waals surface area contributed by atoms with E-state index >= 15 is 0 Å². The van der Waals surface area contributed by atoms with Crippen LogP contribution in [0.15, 0.2) is 29.2 Å². The molecular formula is C13H16O2S. The maximum absolute atomic E-state index is 12.5. The molecule has 0 aromatic heterocycles. The average molecular weight is 236 g/mol. The van der Waals surface area contributed by atoms with Crippen LogP contribution < -0.4 is 0 Å². The molecule has 0 bridgehead atoms. The Bertz CT molecular complexity index is 532. The Balaban J connectivity index is 2.05. The average Bonchev–Trinajstić information content (AvgIpc) is 3.07. The normalized spacial score (nSPS) is 40.3. The number of hydrogen-bond acceptors (Lipinski definition) is 2. The quantitative estimate of drug-likeness (QED) is 0.790. The molecule has 1 aromatic carbocycles. The summed E-state index contributed by atoms with van der Waals surface area (Å²) in [6, 6.07) is 7.23. The first-order valence-electron chi connectivity index (χ1n) is 5.75. The smallest absolute Gasteiger partial charge is 0.184 e. The van der Waals surface area contributed by atoms with Crippen molar-refractivity contribution in [2.45, 2.75) is 30.4 Å². The Morgan fingerprint density at radius 2 is 1.56 bits per heavy atom. The largest absolute Gasteiger partial charge is 0.223 e. The minimum Gasteiger partial charge on any atom is -0.223 e. The molecule has 2 aliphatic rings. The number of fused-ring (bicyclic) bond motifs is 1. The van der Waals surface area contributed by atoms with Crippen LogP contribution in [0.25, 0.3) is 0 Å². The SMILES string of the molecule is Cc1ccc(S(=O)(=O)C23C([C@H]2C)[C@H]3C)cc1. The van der Waals surface area contributed by atoms with Gasteiger partial charge in [-0.15, -0.1) is 0 Å². The van der Waals surface area contributed by atoms with Gasteiger partial charge >= 0.3 is 0 Å². The summed E-state index contributed by atoms with van der Waals surface area (Å²) < 4.78 is 24.6. The predicted molar refractivity (Wildman–Crippen MR) is 62.9 cm³/mol. The lowest BCUT2D eigenvalue weighted by molar-refractivity contribution is 0.522. The molecule has 2 atom stereocenters. The van der Waals surface area contributed by atoms with Crippen molar-refractivity contribution in [3.63, 3.8) is 0 Å². The van der Waals surface area contributed by atoms with Gasteiger partial charge in [0.1, 0.15) is 0 Å². The molecule has 0 spiro atoms. The maximum atomic E-state index is 12.5. The highest BCUT2D eigenvalue weighted by Gasteiger charge is 2.89. The summed E-state index contributed by atoms with van der Waals surface area (Å²) in [5, 5.41) is 0. The van der Waals surface area contributed by atoms with E-state index in [1.807, 2.05) is 19.1 Å². The Labute approximate surface area is 96.6 Å². The molecule has 86 valence electrons. The van der Waals surface area contributed by atoms with Crippen molar-refractivity contribution in [3.05, 3.63) is 29.8 Å². The van der Waals surface area contributed by atoms with Gasteiger partial charge in [0.2, 0.25) is 0 Å². The van der Waals surface area contributed by atoms with Gasteiger partial charge in [0, 0.05) is 0 Å². The van der Waals surface area contributed by atoms with Crippen molar-refractivity contribution in [1.82, 2.24) is 0 Å². The van der Waals surface area contributed by atoms with Gasteiger partial charge in [0.25, 0.3) is 0 Å².